The van der Waals surface area contributed by atoms with Crippen molar-refractivity contribution in [1.82, 2.24) is 13.9 Å². The Morgan fingerprint density at radius 3 is 2.27 bits per heavy atom. The number of rotatable bonds is 1. The molecule has 2 aromatic rings. The van der Waals surface area contributed by atoms with E-state index in [9.17, 15) is 9.59 Å². The molecule has 6 rings (SSSR count). The molecule has 0 N–H and O–H groups in total. The van der Waals surface area contributed by atoms with Gasteiger partial charge in [-0.3, -0.25) is 0 Å². The quantitative estimate of drug-likeness (QED) is 0.732. The van der Waals surface area contributed by atoms with Crippen LogP contribution in [0.1, 0.15) is 12.1 Å². The molecule has 0 radical (unpaired) electrons. The van der Waals surface area contributed by atoms with Crippen LogP contribution in [0, 0.1) is 11.8 Å². The van der Waals surface area contributed by atoms with Crippen LogP contribution in [-0.2, 0) is 0 Å². The smallest absolute Gasteiger partial charge is 0.245 e. The first kappa shape index (κ1) is 12.5. The van der Waals surface area contributed by atoms with Crippen LogP contribution in [0.15, 0.2) is 62.6 Å². The van der Waals surface area contributed by atoms with Crippen LogP contribution < -0.4 is 11.4 Å². The number of aromatic nitrogens is 3. The van der Waals surface area contributed by atoms with Gasteiger partial charge in [-0.05, 0) is 18.2 Å². The van der Waals surface area contributed by atoms with Crippen LogP contribution in [0.5, 0.6) is 0 Å². The molecule has 6 heteroatoms. The summed E-state index contributed by atoms with van der Waals surface area (Å²) >= 11 is 3.58. The van der Waals surface area contributed by atoms with E-state index in [-0.39, 0.29) is 23.5 Å². The van der Waals surface area contributed by atoms with Crippen molar-refractivity contribution in [3.63, 3.8) is 0 Å². The van der Waals surface area contributed by atoms with Gasteiger partial charge in [0.1, 0.15) is 0 Å². The number of halogens is 1. The molecule has 3 heterocycles. The van der Waals surface area contributed by atoms with Crippen molar-refractivity contribution in [3.8, 4) is 5.69 Å². The maximum absolute atomic E-state index is 12.9. The summed E-state index contributed by atoms with van der Waals surface area (Å²) in [7, 11) is 0. The topological polar surface area (TPSA) is 48.9 Å². The van der Waals surface area contributed by atoms with Gasteiger partial charge in [-0.25, -0.2) is 23.5 Å². The highest BCUT2D eigenvalue weighted by Gasteiger charge is 2.50. The standard InChI is InChI=1S/C16H12BrN3O2/c17-12-8-13-10-6-7-11(10)14(12)20-16(22)18(15(21)19(13)20)9-4-2-1-3-5-9/h1-8,10-11,13-14H/t10-,11+,13+,14-/m1/s1. The second kappa shape index (κ2) is 4.01. The van der Waals surface area contributed by atoms with E-state index < -0.39 is 0 Å². The predicted molar refractivity (Wildman–Crippen MR) is 85.5 cm³/mol. The third-order valence-corrected chi connectivity index (χ3v) is 5.67. The Labute approximate surface area is 133 Å². The maximum Gasteiger partial charge on any atom is 0.352 e. The van der Waals surface area contributed by atoms with Gasteiger partial charge in [-0.1, -0.05) is 46.3 Å². The predicted octanol–water partition coefficient (Wildman–Crippen LogP) is 1.99. The zero-order valence-electron chi connectivity index (χ0n) is 11.5. The minimum atomic E-state index is -0.269. The molecule has 4 aliphatic rings. The molecule has 22 heavy (non-hydrogen) atoms. The number of para-hydroxylation sites is 1. The molecule has 0 spiro atoms. The first-order valence-electron chi connectivity index (χ1n) is 7.25. The number of benzene rings is 1. The number of hydrogen-bond donors (Lipinski definition) is 0. The van der Waals surface area contributed by atoms with Gasteiger partial charge in [0.15, 0.2) is 0 Å². The summed E-state index contributed by atoms with van der Waals surface area (Å²) in [6.07, 6.45) is 6.33. The summed E-state index contributed by atoms with van der Waals surface area (Å²) in [6, 6.07) is 8.91. The lowest BCUT2D eigenvalue weighted by Crippen LogP contribution is -2.51. The van der Waals surface area contributed by atoms with E-state index in [4.69, 9.17) is 0 Å². The van der Waals surface area contributed by atoms with E-state index in [1.165, 1.54) is 4.57 Å². The molecular formula is C16H12BrN3O2. The molecule has 1 aromatic heterocycles. The molecule has 110 valence electrons. The van der Waals surface area contributed by atoms with E-state index in [0.29, 0.717) is 17.5 Å². The van der Waals surface area contributed by atoms with Crippen molar-refractivity contribution >= 4 is 15.9 Å². The van der Waals surface area contributed by atoms with Crippen LogP contribution in [0.2, 0.25) is 0 Å². The van der Waals surface area contributed by atoms with Gasteiger partial charge < -0.3 is 0 Å². The Kier molecular flexibility index (Phi) is 2.27. The molecule has 0 unspecified atom stereocenters. The van der Waals surface area contributed by atoms with Crippen LogP contribution >= 0.6 is 15.9 Å². The van der Waals surface area contributed by atoms with Gasteiger partial charge in [-0.2, -0.15) is 0 Å². The summed E-state index contributed by atoms with van der Waals surface area (Å²) in [6.45, 7) is 0. The Morgan fingerprint density at radius 1 is 0.909 bits per heavy atom. The van der Waals surface area contributed by atoms with Crippen molar-refractivity contribution in [2.75, 3.05) is 0 Å². The molecule has 2 aliphatic carbocycles. The summed E-state index contributed by atoms with van der Waals surface area (Å²) in [4.78, 5) is 25.7. The fraction of sp³-hybridized carbons (Fsp3) is 0.250. The molecule has 2 aliphatic heterocycles. The normalized spacial score (nSPS) is 30.5. The molecule has 0 fully saturated rings. The van der Waals surface area contributed by atoms with Crippen molar-refractivity contribution in [1.29, 1.82) is 0 Å². The highest BCUT2D eigenvalue weighted by atomic mass is 79.9. The second-order valence-electron chi connectivity index (χ2n) is 5.95. The second-order valence-corrected chi connectivity index (χ2v) is 6.87. The van der Waals surface area contributed by atoms with Crippen LogP contribution in [0.25, 0.3) is 5.69 Å². The summed E-state index contributed by atoms with van der Waals surface area (Å²) < 4.78 is 5.50. The van der Waals surface area contributed by atoms with E-state index in [1.54, 1.807) is 21.5 Å². The van der Waals surface area contributed by atoms with Crippen molar-refractivity contribution in [3.05, 3.63) is 74.0 Å². The largest absolute Gasteiger partial charge is 0.352 e. The van der Waals surface area contributed by atoms with Gasteiger partial charge >= 0.3 is 11.4 Å². The first-order chi connectivity index (χ1) is 10.7. The van der Waals surface area contributed by atoms with Gasteiger partial charge in [0.25, 0.3) is 0 Å². The van der Waals surface area contributed by atoms with Gasteiger partial charge in [0.05, 0.1) is 17.8 Å². The first-order valence-corrected chi connectivity index (χ1v) is 8.05. The van der Waals surface area contributed by atoms with Gasteiger partial charge in [0, 0.05) is 16.3 Å². The SMILES string of the molecule is O=c1n(-c2ccccc2)c(=O)n2n1[C@H]1C=C(Br)[C@H]2[C@H]2C=C[C@H]21. The highest BCUT2D eigenvalue weighted by Crippen LogP contribution is 2.53. The molecule has 5 nitrogen and oxygen atoms in total. The van der Waals surface area contributed by atoms with Crippen LogP contribution in [-0.4, -0.2) is 13.9 Å². The number of nitrogens with zero attached hydrogens (tertiary/aromatic N) is 3. The number of hydrogen-bond acceptors (Lipinski definition) is 2. The molecule has 0 amide bonds. The van der Waals surface area contributed by atoms with Crippen molar-refractivity contribution < 1.29 is 0 Å². The Bertz CT molecular complexity index is 964. The lowest BCUT2D eigenvalue weighted by Gasteiger charge is -2.49. The third kappa shape index (κ3) is 1.30. The fourth-order valence-corrected chi connectivity index (χ4v) is 4.66. The molecule has 1 aromatic carbocycles. The summed E-state index contributed by atoms with van der Waals surface area (Å²) in [5.41, 5.74) is 0.0823. The zero-order valence-corrected chi connectivity index (χ0v) is 13.1. The minimum absolute atomic E-state index is 0.0838. The third-order valence-electron chi connectivity index (χ3n) is 4.94. The summed E-state index contributed by atoms with van der Waals surface area (Å²) in [5.74, 6) is 0.614. The van der Waals surface area contributed by atoms with E-state index in [0.717, 1.165) is 4.48 Å². The Hall–Kier alpha value is -2.08. The fourth-order valence-electron chi connectivity index (χ4n) is 3.89. The molecule has 0 saturated heterocycles. The lowest BCUT2D eigenvalue weighted by atomic mass is 9.68. The van der Waals surface area contributed by atoms with Crippen LogP contribution in [0.3, 0.4) is 0 Å². The van der Waals surface area contributed by atoms with Crippen molar-refractivity contribution in [2.24, 2.45) is 11.8 Å². The average molecular weight is 358 g/mol. The molecular weight excluding hydrogens is 346 g/mol. The maximum atomic E-state index is 12.9. The Balaban J connectivity index is 1.83. The summed E-state index contributed by atoms with van der Waals surface area (Å²) in [5, 5.41) is 0. The molecule has 0 saturated carbocycles. The van der Waals surface area contributed by atoms with Crippen LogP contribution in [0.4, 0.5) is 0 Å². The number of allylic oxidation sites excluding steroid dienone is 4. The molecule has 4 atom stereocenters. The average Bonchev–Trinajstić information content (AvgIpc) is 2.74. The van der Waals surface area contributed by atoms with Gasteiger partial charge in [-0.15, -0.1) is 0 Å². The van der Waals surface area contributed by atoms with Crippen molar-refractivity contribution in [2.45, 2.75) is 12.1 Å². The highest BCUT2D eigenvalue weighted by molar-refractivity contribution is 9.11. The van der Waals surface area contributed by atoms with Gasteiger partial charge in [0.2, 0.25) is 0 Å². The van der Waals surface area contributed by atoms with E-state index >= 15 is 0 Å². The zero-order chi connectivity index (χ0) is 15.0. The monoisotopic (exact) mass is 357 g/mol. The molecule has 2 bridgehead atoms. The van der Waals surface area contributed by atoms with E-state index in [1.807, 2.05) is 18.2 Å². The minimum Gasteiger partial charge on any atom is -0.245 e. The lowest BCUT2D eigenvalue weighted by molar-refractivity contribution is 0.136. The van der Waals surface area contributed by atoms with E-state index in [2.05, 4.69) is 34.2 Å². The Morgan fingerprint density at radius 2 is 1.59 bits per heavy atom.